The third-order valence-corrected chi connectivity index (χ3v) is 8.82. The maximum Gasteiger partial charge on any atom is 0.255 e. The smallest absolute Gasteiger partial charge is 0.255 e. The van der Waals surface area contributed by atoms with Crippen LogP contribution in [-0.2, 0) is 20.8 Å². The molecule has 220 valence electrons. The van der Waals surface area contributed by atoms with Crippen LogP contribution in [0.1, 0.15) is 23.1 Å². The Hall–Kier alpha value is -4.99. The van der Waals surface area contributed by atoms with Crippen LogP contribution in [-0.4, -0.2) is 82.5 Å². The molecule has 1 heterocycles. The van der Waals surface area contributed by atoms with Crippen molar-refractivity contribution in [3.8, 4) is 17.5 Å². The number of likely N-dealkylation sites (N-methyl/N-ethyl adjacent to an activating group) is 1. The zero-order chi connectivity index (χ0) is 31.1. The van der Waals surface area contributed by atoms with Gasteiger partial charge in [0.15, 0.2) is 17.0 Å². The fourth-order valence-electron chi connectivity index (χ4n) is 6.89. The Kier molecular flexibility index (Phi) is 6.23. The molecule has 4 atom stereocenters. The number of nitrogens with zero attached hydrogens (tertiary/aromatic N) is 4. The maximum atomic E-state index is 14.2. The first-order chi connectivity index (χ1) is 20.3. The van der Waals surface area contributed by atoms with Gasteiger partial charge in [-0.25, -0.2) is 4.98 Å². The highest BCUT2D eigenvalue weighted by atomic mass is 16.4. The van der Waals surface area contributed by atoms with E-state index >= 15 is 0 Å². The molecule has 43 heavy (non-hydrogen) atoms. The van der Waals surface area contributed by atoms with Crippen molar-refractivity contribution in [3.05, 3.63) is 63.9 Å². The molecular weight excluding hydrogens is 554 g/mol. The summed E-state index contributed by atoms with van der Waals surface area (Å²) in [5, 5.41) is 43.9. The molecule has 5 N–H and O–H groups in total. The Morgan fingerprint density at radius 2 is 1.84 bits per heavy atom. The van der Waals surface area contributed by atoms with E-state index in [-0.39, 0.29) is 35.5 Å². The molecule has 0 aliphatic heterocycles. The molecule has 3 aromatic rings. The zero-order valence-electron chi connectivity index (χ0n) is 23.9. The summed E-state index contributed by atoms with van der Waals surface area (Å²) in [6.07, 6.45) is 0.300. The highest BCUT2D eigenvalue weighted by Gasteiger charge is 2.64. The number of ketones is 2. The van der Waals surface area contributed by atoms with Gasteiger partial charge in [-0.3, -0.25) is 19.3 Å². The van der Waals surface area contributed by atoms with Gasteiger partial charge in [0.1, 0.15) is 22.6 Å². The number of carbonyl (C=O) groups excluding carboxylic acids is 3. The minimum atomic E-state index is -2.67. The lowest BCUT2D eigenvalue weighted by Crippen LogP contribution is -2.65. The molecule has 1 saturated carbocycles. The van der Waals surface area contributed by atoms with Crippen LogP contribution in [0.4, 0.5) is 5.69 Å². The number of nitriles is 1. The van der Waals surface area contributed by atoms with E-state index in [1.165, 1.54) is 4.90 Å². The van der Waals surface area contributed by atoms with E-state index in [0.717, 1.165) is 5.69 Å². The van der Waals surface area contributed by atoms with Crippen LogP contribution < -0.4 is 10.6 Å². The van der Waals surface area contributed by atoms with Crippen molar-refractivity contribution in [2.45, 2.75) is 24.5 Å². The SMILES string of the molecule is CN(C)c1cc2nc(-c3ccc(C#N)cc3)oc2c2c1C[C@H]1CC3C(N(C)C)C(=O)C(C(N)=O)=C(O)[C@@]3(O)C(=O)C1=C2O. The number of primary amides is 1. The molecule has 1 fully saturated rings. The number of nitrogens with two attached hydrogens (primary N) is 1. The van der Waals surface area contributed by atoms with E-state index in [0.29, 0.717) is 22.2 Å². The number of fused-ring (bicyclic) bond motifs is 5. The van der Waals surface area contributed by atoms with Gasteiger partial charge in [-0.05, 0) is 68.8 Å². The average Bonchev–Trinajstić information content (AvgIpc) is 3.38. The number of hydrogen-bond donors (Lipinski definition) is 4. The van der Waals surface area contributed by atoms with Crippen molar-refractivity contribution >= 4 is 40.0 Å². The summed E-state index contributed by atoms with van der Waals surface area (Å²) >= 11 is 0. The second kappa shape index (κ2) is 9.52. The van der Waals surface area contributed by atoms with Crippen LogP contribution in [0, 0.1) is 23.2 Å². The lowest BCUT2D eigenvalue weighted by atomic mass is 9.57. The van der Waals surface area contributed by atoms with Crippen LogP contribution in [0.2, 0.25) is 0 Å². The Balaban J connectivity index is 1.59. The van der Waals surface area contributed by atoms with E-state index in [1.807, 2.05) is 25.1 Å². The fraction of sp³-hybridized carbons (Fsp3) is 0.323. The van der Waals surface area contributed by atoms with Crippen LogP contribution in [0.3, 0.4) is 0 Å². The summed E-state index contributed by atoms with van der Waals surface area (Å²) in [5.74, 6) is -6.10. The highest BCUT2D eigenvalue weighted by Crippen LogP contribution is 2.53. The number of anilines is 1. The minimum absolute atomic E-state index is 0.0452. The first-order valence-electron chi connectivity index (χ1n) is 13.6. The lowest BCUT2D eigenvalue weighted by molar-refractivity contribution is -0.153. The molecular formula is C31H29N5O7. The average molecular weight is 584 g/mol. The Morgan fingerprint density at radius 3 is 2.42 bits per heavy atom. The molecule has 0 spiro atoms. The first kappa shape index (κ1) is 28.1. The quantitative estimate of drug-likeness (QED) is 0.328. The number of aliphatic hydroxyl groups is 3. The summed E-state index contributed by atoms with van der Waals surface area (Å²) in [6.45, 7) is 0. The van der Waals surface area contributed by atoms with Gasteiger partial charge in [-0.2, -0.15) is 5.26 Å². The van der Waals surface area contributed by atoms with Crippen molar-refractivity contribution < 1.29 is 34.1 Å². The standard InChI is InChI=1S/C31H29N5O7/c1-35(2)19-11-18-26(43-30(34-18)14-7-5-13(12-32)6-8-14)21-16(19)9-15-10-17-23(36(3)4)25(38)22(29(33)41)28(40)31(17,42)27(39)20(15)24(21)37/h5-8,11,15,17,23,37,40,42H,9-10H2,1-4H3,(H2,33,41)/t15-,17?,23?,31-/m0/s1. The molecule has 3 aliphatic rings. The molecule has 6 rings (SSSR count). The van der Waals surface area contributed by atoms with Gasteiger partial charge in [0.25, 0.3) is 5.91 Å². The molecule has 0 radical (unpaired) electrons. The summed E-state index contributed by atoms with van der Waals surface area (Å²) in [7, 11) is 6.81. The second-order valence-corrected chi connectivity index (χ2v) is 11.7. The molecule has 1 amide bonds. The Morgan fingerprint density at radius 1 is 1.16 bits per heavy atom. The summed E-state index contributed by atoms with van der Waals surface area (Å²) in [5.41, 5.74) is 5.09. The van der Waals surface area contributed by atoms with Gasteiger partial charge in [0.05, 0.1) is 23.2 Å². The van der Waals surface area contributed by atoms with E-state index in [4.69, 9.17) is 15.4 Å². The van der Waals surface area contributed by atoms with E-state index in [1.54, 1.807) is 38.4 Å². The van der Waals surface area contributed by atoms with Crippen LogP contribution >= 0.6 is 0 Å². The zero-order valence-corrected chi connectivity index (χ0v) is 23.9. The van der Waals surface area contributed by atoms with Crippen molar-refractivity contribution in [1.82, 2.24) is 9.88 Å². The summed E-state index contributed by atoms with van der Waals surface area (Å²) in [4.78, 5) is 47.7. The number of rotatable bonds is 4. The van der Waals surface area contributed by atoms with E-state index < -0.39 is 58.0 Å². The fourth-order valence-corrected chi connectivity index (χ4v) is 6.89. The molecule has 3 aliphatic carbocycles. The van der Waals surface area contributed by atoms with Crippen LogP contribution in [0.15, 0.2) is 51.7 Å². The number of hydrogen-bond acceptors (Lipinski definition) is 11. The number of Topliss-reactive ketones (excluding diaryl/α,β-unsaturated/α-hetero) is 2. The molecule has 2 unspecified atom stereocenters. The number of aliphatic hydroxyl groups excluding tert-OH is 2. The second-order valence-electron chi connectivity index (χ2n) is 11.7. The summed E-state index contributed by atoms with van der Waals surface area (Å²) < 4.78 is 6.16. The van der Waals surface area contributed by atoms with Gasteiger partial charge in [-0.15, -0.1) is 0 Å². The normalized spacial score (nSPS) is 25.0. The highest BCUT2D eigenvalue weighted by molar-refractivity contribution is 6.24. The van der Waals surface area contributed by atoms with Gasteiger partial charge in [-0.1, -0.05) is 0 Å². The van der Waals surface area contributed by atoms with Crippen molar-refractivity contribution in [2.75, 3.05) is 33.1 Å². The number of aromatic nitrogens is 1. The number of amides is 1. The molecule has 0 saturated heterocycles. The van der Waals surface area contributed by atoms with Crippen LogP contribution in [0.25, 0.3) is 28.3 Å². The van der Waals surface area contributed by atoms with Crippen molar-refractivity contribution in [1.29, 1.82) is 5.26 Å². The summed E-state index contributed by atoms with van der Waals surface area (Å²) in [6, 6.07) is 9.39. The van der Waals surface area contributed by atoms with E-state index in [2.05, 4.69) is 11.1 Å². The third kappa shape index (κ3) is 3.82. The predicted molar refractivity (Wildman–Crippen MR) is 155 cm³/mol. The molecule has 12 nitrogen and oxygen atoms in total. The Labute approximate surface area is 245 Å². The van der Waals surface area contributed by atoms with Gasteiger partial charge in [0, 0.05) is 36.8 Å². The van der Waals surface area contributed by atoms with Crippen LogP contribution in [0.5, 0.6) is 0 Å². The van der Waals surface area contributed by atoms with E-state index in [9.17, 15) is 29.7 Å². The topological polar surface area (TPSA) is 194 Å². The Bertz CT molecular complexity index is 1860. The number of benzene rings is 2. The molecule has 1 aromatic heterocycles. The van der Waals surface area contributed by atoms with Gasteiger partial charge >= 0.3 is 0 Å². The van der Waals surface area contributed by atoms with Crippen molar-refractivity contribution in [3.63, 3.8) is 0 Å². The largest absolute Gasteiger partial charge is 0.508 e. The maximum absolute atomic E-state index is 14.2. The van der Waals surface area contributed by atoms with Gasteiger partial charge in [0.2, 0.25) is 11.7 Å². The predicted octanol–water partition coefficient (Wildman–Crippen LogP) is 2.00. The number of oxazole rings is 1. The third-order valence-electron chi connectivity index (χ3n) is 8.82. The molecule has 12 heteroatoms. The minimum Gasteiger partial charge on any atom is -0.508 e. The van der Waals surface area contributed by atoms with Crippen molar-refractivity contribution in [2.24, 2.45) is 17.6 Å². The number of carbonyl (C=O) groups is 3. The monoisotopic (exact) mass is 583 g/mol. The first-order valence-corrected chi connectivity index (χ1v) is 13.6. The molecule has 0 bridgehead atoms. The lowest BCUT2D eigenvalue weighted by Gasteiger charge is -2.50. The van der Waals surface area contributed by atoms with Gasteiger partial charge < -0.3 is 30.4 Å². The molecule has 2 aromatic carbocycles.